The Hall–Kier alpha value is -2.48. The minimum absolute atomic E-state index is 0. The first kappa shape index (κ1) is 17.9. The van der Waals surface area contributed by atoms with Gasteiger partial charge < -0.3 is 0 Å². The quantitative estimate of drug-likeness (QED) is 0.629. The molecule has 1 unspecified atom stereocenters. The second-order valence-corrected chi connectivity index (χ2v) is 8.10. The van der Waals surface area contributed by atoms with Crippen LogP contribution in [0.2, 0.25) is 0 Å². The average molecular weight is 362 g/mol. The highest BCUT2D eigenvalue weighted by molar-refractivity contribution is 5.91. The van der Waals surface area contributed by atoms with E-state index in [-0.39, 0.29) is 18.9 Å². The van der Waals surface area contributed by atoms with Gasteiger partial charge in [-0.05, 0) is 73.9 Å². The van der Waals surface area contributed by atoms with Crippen LogP contribution in [0.4, 0.5) is 4.39 Å². The summed E-state index contributed by atoms with van der Waals surface area (Å²) >= 11 is 0. The molecule has 0 aromatic heterocycles. The van der Waals surface area contributed by atoms with Crippen LogP contribution in [0.25, 0.3) is 0 Å². The number of rotatable bonds is 3. The molecule has 0 heterocycles. The molecule has 0 bridgehead atoms. The molecule has 2 aliphatic carbocycles. The Morgan fingerprint density at radius 3 is 2.52 bits per heavy atom. The summed E-state index contributed by atoms with van der Waals surface area (Å²) in [7, 11) is 0. The molecule has 0 amide bonds. The Balaban J connectivity index is 0.00000225. The predicted octanol–water partition coefficient (Wildman–Crippen LogP) is 6.27. The molecule has 2 heteroatoms. The van der Waals surface area contributed by atoms with Crippen molar-refractivity contribution in [3.63, 3.8) is 0 Å². The second-order valence-electron chi connectivity index (χ2n) is 8.10. The predicted molar refractivity (Wildman–Crippen MR) is 110 cm³/mol. The van der Waals surface area contributed by atoms with Crippen LogP contribution in [0, 0.1) is 26.6 Å². The van der Waals surface area contributed by atoms with Crippen LogP contribution in [0.5, 0.6) is 0 Å². The number of hydrogen-bond donors (Lipinski definition) is 0. The minimum atomic E-state index is -0.524. The number of allylic oxidation sites excluding steroid dienone is 4. The highest BCUT2D eigenvalue weighted by Gasteiger charge is 2.47. The minimum Gasteiger partial charge on any atom is -0.299 e. The van der Waals surface area contributed by atoms with E-state index in [1.807, 2.05) is 18.2 Å². The fraction of sp³-hybridized carbons (Fsp3) is 0.320. The number of ketones is 1. The van der Waals surface area contributed by atoms with Crippen LogP contribution in [-0.2, 0) is 10.2 Å². The molecule has 27 heavy (non-hydrogen) atoms. The monoisotopic (exact) mass is 362 g/mol. The number of Topliss-reactive ketones (excluding diaryl/α,β-unsaturated/α-hetero) is 1. The van der Waals surface area contributed by atoms with Gasteiger partial charge in [0.25, 0.3) is 0 Å². The second kappa shape index (κ2) is 6.30. The fourth-order valence-corrected chi connectivity index (χ4v) is 4.84. The van der Waals surface area contributed by atoms with Crippen LogP contribution in [0.1, 0.15) is 54.9 Å². The lowest BCUT2D eigenvalue weighted by Crippen LogP contribution is -2.33. The third-order valence-electron chi connectivity index (χ3n) is 6.61. The molecule has 0 aliphatic heterocycles. The summed E-state index contributed by atoms with van der Waals surface area (Å²) in [6.07, 6.45) is 5.59. The van der Waals surface area contributed by atoms with Gasteiger partial charge in [-0.25, -0.2) is 4.39 Å². The molecule has 0 fully saturated rings. The number of carbonyl (C=O) groups is 1. The topological polar surface area (TPSA) is 17.1 Å². The summed E-state index contributed by atoms with van der Waals surface area (Å²) in [4.78, 5) is 12.9. The fourth-order valence-electron chi connectivity index (χ4n) is 4.84. The van der Waals surface area contributed by atoms with E-state index in [1.54, 1.807) is 19.9 Å². The summed E-state index contributed by atoms with van der Waals surface area (Å²) in [5.41, 5.74) is 6.79. The van der Waals surface area contributed by atoms with E-state index in [0.717, 1.165) is 11.1 Å². The van der Waals surface area contributed by atoms with E-state index in [9.17, 15) is 9.18 Å². The van der Waals surface area contributed by atoms with Gasteiger partial charge in [-0.15, -0.1) is 0 Å². The van der Waals surface area contributed by atoms with Gasteiger partial charge in [0.1, 0.15) is 11.6 Å². The highest BCUT2D eigenvalue weighted by Crippen LogP contribution is 2.53. The zero-order chi connectivity index (χ0) is 19.3. The SMILES string of the molecule is CC(=O)[C@@]1(c2cccc(C)c2C)CC2=C(C1)C(c1cccc(C)c1F)C=C2.[HH]. The van der Waals surface area contributed by atoms with E-state index in [0.29, 0.717) is 18.4 Å². The highest BCUT2D eigenvalue weighted by atomic mass is 19.1. The maximum Gasteiger partial charge on any atom is 0.141 e. The Morgan fingerprint density at radius 2 is 1.78 bits per heavy atom. The van der Waals surface area contributed by atoms with E-state index < -0.39 is 5.41 Å². The van der Waals surface area contributed by atoms with Crippen LogP contribution >= 0.6 is 0 Å². The summed E-state index contributed by atoms with van der Waals surface area (Å²) in [5.74, 6) is 0.00154. The van der Waals surface area contributed by atoms with E-state index >= 15 is 0 Å². The van der Waals surface area contributed by atoms with Crippen molar-refractivity contribution < 1.29 is 10.6 Å². The largest absolute Gasteiger partial charge is 0.299 e. The molecule has 0 spiro atoms. The van der Waals surface area contributed by atoms with Crippen LogP contribution < -0.4 is 0 Å². The maximum atomic E-state index is 14.8. The summed E-state index contributed by atoms with van der Waals surface area (Å²) in [5, 5.41) is 0. The Morgan fingerprint density at radius 1 is 1.07 bits per heavy atom. The van der Waals surface area contributed by atoms with Gasteiger partial charge in [0.05, 0.1) is 5.41 Å². The van der Waals surface area contributed by atoms with Crippen molar-refractivity contribution in [3.05, 3.63) is 93.3 Å². The van der Waals surface area contributed by atoms with Crippen molar-refractivity contribution in [1.29, 1.82) is 0 Å². The van der Waals surface area contributed by atoms with Gasteiger partial charge in [-0.3, -0.25) is 4.79 Å². The van der Waals surface area contributed by atoms with Crippen molar-refractivity contribution in [2.45, 2.75) is 51.9 Å². The van der Waals surface area contributed by atoms with Crippen molar-refractivity contribution in [2.24, 2.45) is 0 Å². The number of carbonyl (C=O) groups excluding carboxylic acids is 1. The van der Waals surface area contributed by atoms with Crippen LogP contribution in [0.15, 0.2) is 59.7 Å². The molecule has 2 aromatic rings. The first-order valence-electron chi connectivity index (χ1n) is 9.58. The third-order valence-corrected chi connectivity index (χ3v) is 6.61. The van der Waals surface area contributed by atoms with Crippen molar-refractivity contribution in [1.82, 2.24) is 0 Å². The van der Waals surface area contributed by atoms with Crippen molar-refractivity contribution in [3.8, 4) is 0 Å². The number of aryl methyl sites for hydroxylation is 2. The molecule has 1 nitrogen and oxygen atoms in total. The van der Waals surface area contributed by atoms with Crippen LogP contribution in [0.3, 0.4) is 0 Å². The van der Waals surface area contributed by atoms with E-state index in [4.69, 9.17) is 0 Å². The molecule has 140 valence electrons. The molecular formula is C25H27FO. The molecule has 2 aromatic carbocycles. The Kier molecular flexibility index (Phi) is 4.18. The lowest BCUT2D eigenvalue weighted by atomic mass is 9.70. The average Bonchev–Trinajstić information content (AvgIpc) is 3.18. The molecule has 2 aliphatic rings. The first-order valence-corrected chi connectivity index (χ1v) is 9.58. The van der Waals surface area contributed by atoms with Gasteiger partial charge in [-0.2, -0.15) is 0 Å². The number of hydrogen-bond acceptors (Lipinski definition) is 1. The molecule has 0 N–H and O–H groups in total. The Bertz CT molecular complexity index is 1020. The van der Waals surface area contributed by atoms with E-state index in [1.165, 1.54) is 22.3 Å². The lowest BCUT2D eigenvalue weighted by molar-refractivity contribution is -0.122. The van der Waals surface area contributed by atoms with Crippen molar-refractivity contribution >= 4 is 5.78 Å². The molecule has 0 saturated carbocycles. The van der Waals surface area contributed by atoms with Crippen molar-refractivity contribution in [2.75, 3.05) is 0 Å². The van der Waals surface area contributed by atoms with Gasteiger partial charge in [0.2, 0.25) is 0 Å². The normalized spacial score (nSPS) is 23.8. The number of benzene rings is 2. The van der Waals surface area contributed by atoms with Gasteiger partial charge >= 0.3 is 0 Å². The molecule has 2 atom stereocenters. The van der Waals surface area contributed by atoms with Gasteiger partial charge in [-0.1, -0.05) is 54.1 Å². The zero-order valence-electron chi connectivity index (χ0n) is 16.4. The third kappa shape index (κ3) is 2.62. The summed E-state index contributed by atoms with van der Waals surface area (Å²) < 4.78 is 14.8. The smallest absolute Gasteiger partial charge is 0.141 e. The molecule has 0 radical (unpaired) electrons. The summed E-state index contributed by atoms with van der Waals surface area (Å²) in [6, 6.07) is 11.8. The van der Waals surface area contributed by atoms with Gasteiger partial charge in [0, 0.05) is 7.34 Å². The molecule has 4 rings (SSSR count). The zero-order valence-corrected chi connectivity index (χ0v) is 16.4. The summed E-state index contributed by atoms with van der Waals surface area (Å²) in [6.45, 7) is 7.70. The van der Waals surface area contributed by atoms with Crippen LogP contribution in [-0.4, -0.2) is 5.78 Å². The molecule has 0 saturated heterocycles. The Labute approximate surface area is 162 Å². The maximum absolute atomic E-state index is 14.8. The lowest BCUT2D eigenvalue weighted by Gasteiger charge is -2.31. The first-order chi connectivity index (χ1) is 12.8. The standard InChI is InChI=1S/C25H25FO.H2/c1-15-7-6-10-23(17(15)3)25(18(4)27)13-19-11-12-20(22(19)14-25)21-9-5-8-16(2)24(21)26;/h5-12,20H,13-14H2,1-4H3;1H/t20?,25-;/m1./s1. The molecular weight excluding hydrogens is 335 g/mol. The van der Waals surface area contributed by atoms with Gasteiger partial charge in [0.15, 0.2) is 0 Å². The number of halogens is 1. The van der Waals surface area contributed by atoms with E-state index in [2.05, 4.69) is 38.1 Å².